The molecule has 2 unspecified atom stereocenters. The van der Waals surface area contributed by atoms with Gasteiger partial charge in [0.2, 0.25) is 0 Å². The standard InChI is InChI=1S/C18H17F4NO4/c19-15-12(7-4-8-13(15)18(20,21)22)16(25)14(24)9-23-17(26)27-10-11-5-2-1-3-6-11/h1-8,14,16,24-25H,9-10H2,(H,23,26). The lowest BCUT2D eigenvalue weighted by Gasteiger charge is -2.20. The Morgan fingerprint density at radius 3 is 2.37 bits per heavy atom. The first-order valence-corrected chi connectivity index (χ1v) is 7.86. The van der Waals surface area contributed by atoms with Crippen LogP contribution in [0.2, 0.25) is 0 Å². The van der Waals surface area contributed by atoms with Gasteiger partial charge >= 0.3 is 12.3 Å². The van der Waals surface area contributed by atoms with Crippen LogP contribution in [0.4, 0.5) is 22.4 Å². The molecule has 2 aromatic carbocycles. The number of hydrogen-bond donors (Lipinski definition) is 3. The first-order chi connectivity index (χ1) is 12.7. The van der Waals surface area contributed by atoms with Gasteiger partial charge in [-0.25, -0.2) is 9.18 Å². The smallest absolute Gasteiger partial charge is 0.419 e. The van der Waals surface area contributed by atoms with Gasteiger partial charge < -0.3 is 20.3 Å². The third-order valence-electron chi connectivity index (χ3n) is 3.69. The largest absolute Gasteiger partial charge is 0.445 e. The van der Waals surface area contributed by atoms with E-state index in [4.69, 9.17) is 4.74 Å². The summed E-state index contributed by atoms with van der Waals surface area (Å²) in [6.45, 7) is -0.585. The lowest BCUT2D eigenvalue weighted by molar-refractivity contribution is -0.140. The molecule has 146 valence electrons. The molecule has 0 aliphatic rings. The second kappa shape index (κ2) is 8.83. The summed E-state index contributed by atoms with van der Waals surface area (Å²) in [5, 5.41) is 21.9. The Morgan fingerprint density at radius 1 is 1.07 bits per heavy atom. The average Bonchev–Trinajstić information content (AvgIpc) is 2.64. The Labute approximate surface area is 152 Å². The molecule has 9 heteroatoms. The topological polar surface area (TPSA) is 78.8 Å². The van der Waals surface area contributed by atoms with Crippen molar-refractivity contribution in [2.75, 3.05) is 6.54 Å². The van der Waals surface area contributed by atoms with E-state index in [1.54, 1.807) is 30.3 Å². The summed E-state index contributed by atoms with van der Waals surface area (Å²) in [6, 6.07) is 11.1. The number of aliphatic hydroxyl groups excluding tert-OH is 2. The van der Waals surface area contributed by atoms with Crippen molar-refractivity contribution in [3.05, 3.63) is 71.0 Å². The molecule has 27 heavy (non-hydrogen) atoms. The van der Waals surface area contributed by atoms with Gasteiger partial charge in [-0.1, -0.05) is 42.5 Å². The summed E-state index contributed by atoms with van der Waals surface area (Å²) in [5.41, 5.74) is -1.56. The van der Waals surface area contributed by atoms with E-state index in [0.717, 1.165) is 17.7 Å². The van der Waals surface area contributed by atoms with Crippen LogP contribution in [0, 0.1) is 5.82 Å². The van der Waals surface area contributed by atoms with E-state index in [1.807, 2.05) is 0 Å². The zero-order valence-electron chi connectivity index (χ0n) is 13.9. The van der Waals surface area contributed by atoms with Crippen LogP contribution in [-0.2, 0) is 17.5 Å². The molecule has 2 atom stereocenters. The van der Waals surface area contributed by atoms with Crippen molar-refractivity contribution in [2.24, 2.45) is 0 Å². The highest BCUT2D eigenvalue weighted by Crippen LogP contribution is 2.34. The molecule has 1 amide bonds. The SMILES string of the molecule is O=C(NCC(O)C(O)c1cccc(C(F)(F)F)c1F)OCc1ccccc1. The Kier molecular flexibility index (Phi) is 6.75. The Bertz CT molecular complexity index is 768. The molecule has 0 fully saturated rings. The maximum atomic E-state index is 14.0. The predicted molar refractivity (Wildman–Crippen MR) is 87.0 cm³/mol. The van der Waals surface area contributed by atoms with E-state index in [9.17, 15) is 32.6 Å². The maximum Gasteiger partial charge on any atom is 0.419 e. The van der Waals surface area contributed by atoms with Crippen molar-refractivity contribution >= 4 is 6.09 Å². The van der Waals surface area contributed by atoms with Gasteiger partial charge in [-0.2, -0.15) is 13.2 Å². The summed E-state index contributed by atoms with van der Waals surface area (Å²) >= 11 is 0. The maximum absolute atomic E-state index is 14.0. The Hall–Kier alpha value is -2.65. The highest BCUT2D eigenvalue weighted by Gasteiger charge is 2.36. The molecular weight excluding hydrogens is 370 g/mol. The number of halogens is 4. The first kappa shape index (κ1) is 20.7. The lowest BCUT2D eigenvalue weighted by Crippen LogP contribution is -2.36. The number of carbonyl (C=O) groups excluding carboxylic acids is 1. The number of alkyl halides is 3. The van der Waals surface area contributed by atoms with Crippen LogP contribution in [0.25, 0.3) is 0 Å². The van der Waals surface area contributed by atoms with E-state index < -0.39 is 48.0 Å². The van der Waals surface area contributed by atoms with Crippen LogP contribution in [0.5, 0.6) is 0 Å². The van der Waals surface area contributed by atoms with Crippen molar-refractivity contribution in [1.29, 1.82) is 0 Å². The van der Waals surface area contributed by atoms with E-state index >= 15 is 0 Å². The number of carbonyl (C=O) groups is 1. The molecule has 2 aromatic rings. The molecule has 0 aliphatic heterocycles. The van der Waals surface area contributed by atoms with Gasteiger partial charge in [0.1, 0.15) is 24.6 Å². The van der Waals surface area contributed by atoms with Crippen LogP contribution >= 0.6 is 0 Å². The van der Waals surface area contributed by atoms with Crippen molar-refractivity contribution in [1.82, 2.24) is 5.32 Å². The van der Waals surface area contributed by atoms with Crippen LogP contribution in [0.15, 0.2) is 48.5 Å². The number of nitrogens with one attached hydrogen (secondary N) is 1. The minimum absolute atomic E-state index is 0.0341. The van der Waals surface area contributed by atoms with Gasteiger partial charge in [-0.05, 0) is 11.6 Å². The summed E-state index contributed by atoms with van der Waals surface area (Å²) in [5.74, 6) is -1.68. The third kappa shape index (κ3) is 5.66. The van der Waals surface area contributed by atoms with E-state index in [1.165, 1.54) is 0 Å². The molecular formula is C18H17F4NO4. The van der Waals surface area contributed by atoms with E-state index in [2.05, 4.69) is 5.32 Å². The average molecular weight is 387 g/mol. The summed E-state index contributed by atoms with van der Waals surface area (Å²) in [6.07, 6.45) is -9.56. The molecule has 0 heterocycles. The second-order valence-electron chi connectivity index (χ2n) is 5.66. The molecule has 0 spiro atoms. The fourth-order valence-electron chi connectivity index (χ4n) is 2.28. The number of rotatable bonds is 6. The molecule has 0 saturated carbocycles. The minimum atomic E-state index is -4.94. The predicted octanol–water partition coefficient (Wildman–Crippen LogP) is 3.17. The molecule has 0 radical (unpaired) electrons. The van der Waals surface area contributed by atoms with Gasteiger partial charge in [0.15, 0.2) is 0 Å². The number of ether oxygens (including phenoxy) is 1. The molecule has 2 rings (SSSR count). The van der Waals surface area contributed by atoms with Crippen LogP contribution in [0.1, 0.15) is 22.8 Å². The van der Waals surface area contributed by atoms with E-state index in [0.29, 0.717) is 6.07 Å². The summed E-state index contributed by atoms with van der Waals surface area (Å²) in [4.78, 5) is 11.6. The number of hydrogen-bond acceptors (Lipinski definition) is 4. The fraction of sp³-hybridized carbons (Fsp3) is 0.278. The highest BCUT2D eigenvalue weighted by atomic mass is 19.4. The zero-order valence-corrected chi connectivity index (χ0v) is 13.9. The van der Waals surface area contributed by atoms with Crippen molar-refractivity contribution in [3.63, 3.8) is 0 Å². The van der Waals surface area contributed by atoms with Gasteiger partial charge in [0.25, 0.3) is 0 Å². The van der Waals surface area contributed by atoms with Crippen molar-refractivity contribution in [3.8, 4) is 0 Å². The number of aliphatic hydroxyl groups is 2. The van der Waals surface area contributed by atoms with Gasteiger partial charge in [-0.3, -0.25) is 0 Å². The monoisotopic (exact) mass is 387 g/mol. The van der Waals surface area contributed by atoms with E-state index in [-0.39, 0.29) is 6.61 Å². The van der Waals surface area contributed by atoms with Crippen molar-refractivity contribution < 1.29 is 37.3 Å². The minimum Gasteiger partial charge on any atom is -0.445 e. The fourth-order valence-corrected chi connectivity index (χ4v) is 2.28. The van der Waals surface area contributed by atoms with Gasteiger partial charge in [0, 0.05) is 12.1 Å². The molecule has 0 bridgehead atoms. The third-order valence-corrected chi connectivity index (χ3v) is 3.69. The summed E-state index contributed by atoms with van der Waals surface area (Å²) < 4.78 is 57.0. The van der Waals surface area contributed by atoms with Gasteiger partial charge in [0.05, 0.1) is 5.56 Å². The molecule has 0 aromatic heterocycles. The van der Waals surface area contributed by atoms with Crippen molar-refractivity contribution in [2.45, 2.75) is 25.0 Å². The molecule has 3 N–H and O–H groups in total. The zero-order chi connectivity index (χ0) is 20.0. The molecule has 5 nitrogen and oxygen atoms in total. The second-order valence-corrected chi connectivity index (χ2v) is 5.66. The number of alkyl carbamates (subject to hydrolysis) is 1. The molecule has 0 aliphatic carbocycles. The van der Waals surface area contributed by atoms with Gasteiger partial charge in [-0.15, -0.1) is 0 Å². The Balaban J connectivity index is 1.92. The summed E-state index contributed by atoms with van der Waals surface area (Å²) in [7, 11) is 0. The quantitative estimate of drug-likeness (QED) is 0.666. The van der Waals surface area contributed by atoms with Crippen LogP contribution < -0.4 is 5.32 Å². The first-order valence-electron chi connectivity index (χ1n) is 7.86. The lowest BCUT2D eigenvalue weighted by atomic mass is 10.0. The highest BCUT2D eigenvalue weighted by molar-refractivity contribution is 5.67. The van der Waals surface area contributed by atoms with Crippen LogP contribution in [0.3, 0.4) is 0 Å². The Morgan fingerprint density at radius 2 is 1.74 bits per heavy atom. The normalized spacial score (nSPS) is 13.7. The van der Waals surface area contributed by atoms with Crippen LogP contribution in [-0.4, -0.2) is 29.0 Å². The molecule has 0 saturated heterocycles. The number of benzene rings is 2. The number of amides is 1.